The van der Waals surface area contributed by atoms with Crippen molar-refractivity contribution in [3.8, 4) is 5.75 Å². The van der Waals surface area contributed by atoms with Gasteiger partial charge in [-0.15, -0.1) is 0 Å². The predicted octanol–water partition coefficient (Wildman–Crippen LogP) is 3.45. The average molecular weight is 365 g/mol. The molecule has 0 fully saturated rings. The van der Waals surface area contributed by atoms with Gasteiger partial charge in [0.2, 0.25) is 0 Å². The maximum absolute atomic E-state index is 12.2. The van der Waals surface area contributed by atoms with E-state index in [0.29, 0.717) is 22.5 Å². The lowest BCUT2D eigenvalue weighted by Gasteiger charge is -2.13. The molecule has 0 aliphatic carbocycles. The topological polar surface area (TPSA) is 74.7 Å². The first-order valence-corrected chi connectivity index (χ1v) is 8.40. The second kappa shape index (κ2) is 8.31. The molecule has 0 unspecified atom stereocenters. The Morgan fingerprint density at radius 3 is 2.44 bits per heavy atom. The number of carbonyl (C=O) groups is 2. The van der Waals surface area contributed by atoms with E-state index in [0.717, 1.165) is 10.9 Å². The van der Waals surface area contributed by atoms with E-state index >= 15 is 0 Å². The van der Waals surface area contributed by atoms with Crippen molar-refractivity contribution in [2.75, 3.05) is 13.7 Å². The van der Waals surface area contributed by atoms with Crippen LogP contribution in [0.3, 0.4) is 0 Å². The number of aromatic nitrogens is 1. The Morgan fingerprint density at radius 2 is 1.70 bits per heavy atom. The zero-order valence-corrected chi connectivity index (χ0v) is 15.1. The molecule has 1 heterocycles. The zero-order chi connectivity index (χ0) is 19.2. The van der Waals surface area contributed by atoms with Crippen LogP contribution in [0.5, 0.6) is 5.75 Å². The SMILES string of the molecule is COC(=O)c1c(COC(=O)COc2ccccc2)nc2ccccc2c1C. The van der Waals surface area contributed by atoms with Crippen LogP contribution < -0.4 is 4.74 Å². The minimum Gasteiger partial charge on any atom is -0.482 e. The van der Waals surface area contributed by atoms with Crippen molar-refractivity contribution >= 4 is 22.8 Å². The first kappa shape index (κ1) is 18.4. The Labute approximate surface area is 156 Å². The number of methoxy groups -OCH3 is 1. The molecule has 138 valence electrons. The molecule has 6 heteroatoms. The van der Waals surface area contributed by atoms with E-state index in [9.17, 15) is 9.59 Å². The summed E-state index contributed by atoms with van der Waals surface area (Å²) < 4.78 is 15.5. The summed E-state index contributed by atoms with van der Waals surface area (Å²) in [7, 11) is 1.31. The van der Waals surface area contributed by atoms with Gasteiger partial charge in [0.1, 0.15) is 12.4 Å². The summed E-state index contributed by atoms with van der Waals surface area (Å²) in [6.07, 6.45) is 0. The smallest absolute Gasteiger partial charge is 0.344 e. The molecule has 3 rings (SSSR count). The highest BCUT2D eigenvalue weighted by Gasteiger charge is 2.20. The second-order valence-corrected chi connectivity index (χ2v) is 5.83. The van der Waals surface area contributed by atoms with Crippen molar-refractivity contribution in [2.45, 2.75) is 13.5 Å². The third-order valence-electron chi connectivity index (χ3n) is 4.09. The number of hydrogen-bond donors (Lipinski definition) is 0. The van der Waals surface area contributed by atoms with Gasteiger partial charge in [-0.25, -0.2) is 14.6 Å². The Morgan fingerprint density at radius 1 is 1.00 bits per heavy atom. The molecule has 0 N–H and O–H groups in total. The summed E-state index contributed by atoms with van der Waals surface area (Å²) in [5, 5.41) is 0.848. The Hall–Kier alpha value is -3.41. The number of nitrogens with zero attached hydrogens (tertiary/aromatic N) is 1. The van der Waals surface area contributed by atoms with Gasteiger partial charge in [0.15, 0.2) is 6.61 Å². The van der Waals surface area contributed by atoms with Crippen LogP contribution in [0.4, 0.5) is 0 Å². The van der Waals surface area contributed by atoms with E-state index in [2.05, 4.69) is 4.98 Å². The maximum atomic E-state index is 12.2. The van der Waals surface area contributed by atoms with Crippen molar-refractivity contribution in [3.05, 3.63) is 71.4 Å². The Kier molecular flexibility index (Phi) is 5.66. The first-order chi connectivity index (χ1) is 13.1. The number of para-hydroxylation sites is 2. The number of pyridine rings is 1. The highest BCUT2D eigenvalue weighted by molar-refractivity contribution is 5.98. The molecule has 6 nitrogen and oxygen atoms in total. The third-order valence-corrected chi connectivity index (χ3v) is 4.09. The second-order valence-electron chi connectivity index (χ2n) is 5.83. The van der Waals surface area contributed by atoms with E-state index in [1.165, 1.54) is 7.11 Å². The van der Waals surface area contributed by atoms with Crippen LogP contribution in [-0.2, 0) is 20.9 Å². The Balaban J connectivity index is 1.77. The molecule has 0 aliphatic rings. The van der Waals surface area contributed by atoms with Gasteiger partial charge in [0, 0.05) is 5.39 Å². The van der Waals surface area contributed by atoms with Gasteiger partial charge >= 0.3 is 11.9 Å². The zero-order valence-electron chi connectivity index (χ0n) is 15.1. The maximum Gasteiger partial charge on any atom is 0.344 e. The first-order valence-electron chi connectivity index (χ1n) is 8.40. The molecule has 0 saturated carbocycles. The molecule has 1 aromatic heterocycles. The molecule has 27 heavy (non-hydrogen) atoms. The van der Waals surface area contributed by atoms with Gasteiger partial charge in [0.25, 0.3) is 0 Å². The Bertz CT molecular complexity index is 969. The fourth-order valence-electron chi connectivity index (χ4n) is 2.77. The lowest BCUT2D eigenvalue weighted by molar-refractivity contribution is -0.147. The molecular formula is C21H19NO5. The summed E-state index contributed by atoms with van der Waals surface area (Å²) in [4.78, 5) is 28.7. The van der Waals surface area contributed by atoms with Crippen molar-refractivity contribution < 1.29 is 23.8 Å². The summed E-state index contributed by atoms with van der Waals surface area (Å²) in [6, 6.07) is 16.4. The minimum absolute atomic E-state index is 0.146. The quantitative estimate of drug-likeness (QED) is 0.623. The number of hydrogen-bond acceptors (Lipinski definition) is 6. The van der Waals surface area contributed by atoms with Crippen molar-refractivity contribution in [3.63, 3.8) is 0 Å². The minimum atomic E-state index is -0.553. The van der Waals surface area contributed by atoms with Gasteiger partial charge in [-0.1, -0.05) is 36.4 Å². The normalized spacial score (nSPS) is 10.4. The average Bonchev–Trinajstić information content (AvgIpc) is 2.71. The summed E-state index contributed by atoms with van der Waals surface area (Å²) in [6.45, 7) is 1.44. The lowest BCUT2D eigenvalue weighted by atomic mass is 10.0. The van der Waals surface area contributed by atoms with Crippen LogP contribution >= 0.6 is 0 Å². The molecular weight excluding hydrogens is 346 g/mol. The van der Waals surface area contributed by atoms with E-state index in [-0.39, 0.29) is 13.2 Å². The predicted molar refractivity (Wildman–Crippen MR) is 99.6 cm³/mol. The van der Waals surface area contributed by atoms with E-state index in [4.69, 9.17) is 14.2 Å². The van der Waals surface area contributed by atoms with E-state index in [1.54, 1.807) is 12.1 Å². The van der Waals surface area contributed by atoms with Crippen LogP contribution in [0.1, 0.15) is 21.6 Å². The van der Waals surface area contributed by atoms with Gasteiger partial charge in [-0.05, 0) is 30.7 Å². The van der Waals surface area contributed by atoms with E-state index in [1.807, 2.05) is 49.4 Å². The van der Waals surface area contributed by atoms with Crippen molar-refractivity contribution in [2.24, 2.45) is 0 Å². The van der Waals surface area contributed by atoms with Crippen LogP contribution in [0, 0.1) is 6.92 Å². The van der Waals surface area contributed by atoms with E-state index < -0.39 is 11.9 Å². The molecule has 0 amide bonds. The summed E-state index contributed by atoms with van der Waals surface area (Å²) in [5.41, 5.74) is 2.12. The molecule has 0 radical (unpaired) electrons. The van der Waals surface area contributed by atoms with Crippen LogP contribution in [0.25, 0.3) is 10.9 Å². The van der Waals surface area contributed by atoms with Crippen LogP contribution in [0.15, 0.2) is 54.6 Å². The lowest BCUT2D eigenvalue weighted by Crippen LogP contribution is -2.17. The molecule has 0 bridgehead atoms. The molecule has 0 spiro atoms. The van der Waals surface area contributed by atoms with Crippen LogP contribution in [0.2, 0.25) is 0 Å². The largest absolute Gasteiger partial charge is 0.482 e. The number of benzene rings is 2. The fourth-order valence-corrected chi connectivity index (χ4v) is 2.77. The molecule has 0 atom stereocenters. The summed E-state index contributed by atoms with van der Waals surface area (Å²) >= 11 is 0. The standard InChI is InChI=1S/C21H19NO5/c1-14-16-10-6-7-11-17(16)22-18(20(14)21(24)25-2)12-27-19(23)13-26-15-8-4-3-5-9-15/h3-11H,12-13H2,1-2H3. The number of ether oxygens (including phenoxy) is 3. The van der Waals surface area contributed by atoms with Gasteiger partial charge in [-0.2, -0.15) is 0 Å². The number of rotatable bonds is 6. The molecule has 3 aromatic rings. The van der Waals surface area contributed by atoms with Gasteiger partial charge < -0.3 is 14.2 Å². The molecule has 0 saturated heterocycles. The molecule has 0 aliphatic heterocycles. The number of carbonyl (C=O) groups excluding carboxylic acids is 2. The highest BCUT2D eigenvalue weighted by atomic mass is 16.6. The van der Waals surface area contributed by atoms with Crippen molar-refractivity contribution in [1.82, 2.24) is 4.98 Å². The third kappa shape index (κ3) is 4.23. The highest BCUT2D eigenvalue weighted by Crippen LogP contribution is 2.24. The molecule has 2 aromatic carbocycles. The number of aryl methyl sites for hydroxylation is 1. The van der Waals surface area contributed by atoms with Gasteiger partial charge in [-0.3, -0.25) is 0 Å². The summed E-state index contributed by atoms with van der Waals surface area (Å²) in [5.74, 6) is -0.496. The monoisotopic (exact) mass is 365 g/mol. The van der Waals surface area contributed by atoms with Crippen LogP contribution in [-0.4, -0.2) is 30.6 Å². The number of fused-ring (bicyclic) bond motifs is 1. The van der Waals surface area contributed by atoms with Gasteiger partial charge in [0.05, 0.1) is 23.9 Å². The number of esters is 2. The fraction of sp³-hybridized carbons (Fsp3) is 0.190. The van der Waals surface area contributed by atoms with Crippen molar-refractivity contribution in [1.29, 1.82) is 0 Å².